The number of halogens is 2. The monoisotopic (exact) mass is 428 g/mol. The lowest BCUT2D eigenvalue weighted by Crippen LogP contribution is -2.41. The molecule has 1 aliphatic carbocycles. The molecule has 1 unspecified atom stereocenters. The van der Waals surface area contributed by atoms with Crippen LogP contribution in [0.4, 0.5) is 4.39 Å². The van der Waals surface area contributed by atoms with Gasteiger partial charge in [-0.3, -0.25) is 9.59 Å². The summed E-state index contributed by atoms with van der Waals surface area (Å²) in [6, 6.07) is 14.3. The van der Waals surface area contributed by atoms with Gasteiger partial charge in [-0.15, -0.1) is 0 Å². The van der Waals surface area contributed by atoms with Crippen LogP contribution in [-0.4, -0.2) is 36.3 Å². The first-order chi connectivity index (χ1) is 14.5. The van der Waals surface area contributed by atoms with Crippen molar-refractivity contribution in [3.63, 3.8) is 0 Å². The zero-order valence-corrected chi connectivity index (χ0v) is 17.6. The minimum absolute atomic E-state index is 0.00711. The van der Waals surface area contributed by atoms with Crippen LogP contribution < -0.4 is 5.32 Å². The minimum Gasteiger partial charge on any atom is -0.356 e. The van der Waals surface area contributed by atoms with E-state index in [1.807, 2.05) is 18.2 Å². The van der Waals surface area contributed by atoms with Gasteiger partial charge < -0.3 is 10.2 Å². The Morgan fingerprint density at radius 3 is 2.60 bits per heavy atom. The number of hydrogen-bond acceptors (Lipinski definition) is 2. The Bertz CT molecular complexity index is 926. The van der Waals surface area contributed by atoms with Gasteiger partial charge in [0.25, 0.3) is 5.91 Å². The smallest absolute Gasteiger partial charge is 0.256 e. The topological polar surface area (TPSA) is 49.4 Å². The van der Waals surface area contributed by atoms with Crippen LogP contribution in [0.2, 0.25) is 5.02 Å². The summed E-state index contributed by atoms with van der Waals surface area (Å²) >= 11 is 5.91. The molecule has 158 valence electrons. The van der Waals surface area contributed by atoms with E-state index in [0.29, 0.717) is 24.7 Å². The molecule has 2 aromatic rings. The van der Waals surface area contributed by atoms with Gasteiger partial charge >= 0.3 is 0 Å². The maximum absolute atomic E-state index is 14.0. The van der Waals surface area contributed by atoms with E-state index in [0.717, 1.165) is 32.1 Å². The Balaban J connectivity index is 1.23. The predicted molar refractivity (Wildman–Crippen MR) is 115 cm³/mol. The van der Waals surface area contributed by atoms with Crippen LogP contribution in [0.15, 0.2) is 48.5 Å². The summed E-state index contributed by atoms with van der Waals surface area (Å²) in [4.78, 5) is 26.9. The standard InChI is InChI=1S/C24H26ClFN2O2/c25-18-8-9-21(26)19(15-18)23(30)28-13-10-24(11-14-28)16-20(24)22(29)27-12-4-7-17-5-2-1-3-6-17/h1-3,5-6,8-9,15,20H,4,7,10-14,16H2,(H,27,29). The molecule has 1 heterocycles. The Labute approximate surface area is 181 Å². The summed E-state index contributed by atoms with van der Waals surface area (Å²) in [7, 11) is 0. The molecule has 2 amide bonds. The van der Waals surface area contributed by atoms with Crippen LogP contribution in [0.5, 0.6) is 0 Å². The van der Waals surface area contributed by atoms with E-state index >= 15 is 0 Å². The lowest BCUT2D eigenvalue weighted by molar-refractivity contribution is -0.123. The fraction of sp³-hybridized carbons (Fsp3) is 0.417. The van der Waals surface area contributed by atoms with Crippen molar-refractivity contribution in [1.82, 2.24) is 10.2 Å². The molecule has 1 saturated heterocycles. The summed E-state index contributed by atoms with van der Waals surface area (Å²) in [5.74, 6) is -0.714. The Morgan fingerprint density at radius 2 is 1.87 bits per heavy atom. The highest BCUT2D eigenvalue weighted by Crippen LogP contribution is 2.59. The fourth-order valence-electron chi connectivity index (χ4n) is 4.53. The molecular weight excluding hydrogens is 403 g/mol. The predicted octanol–water partition coefficient (Wildman–Crippen LogP) is 4.47. The van der Waals surface area contributed by atoms with E-state index < -0.39 is 5.82 Å². The average molecular weight is 429 g/mol. The quantitative estimate of drug-likeness (QED) is 0.690. The van der Waals surface area contributed by atoms with E-state index in [1.54, 1.807) is 4.90 Å². The van der Waals surface area contributed by atoms with Crippen LogP contribution in [0, 0.1) is 17.2 Å². The van der Waals surface area contributed by atoms with Gasteiger partial charge in [-0.1, -0.05) is 41.9 Å². The molecule has 2 aromatic carbocycles. The van der Waals surface area contributed by atoms with Crippen molar-refractivity contribution in [3.05, 3.63) is 70.5 Å². The zero-order chi connectivity index (χ0) is 21.1. The van der Waals surface area contributed by atoms with Crippen LogP contribution >= 0.6 is 11.6 Å². The highest BCUT2D eigenvalue weighted by molar-refractivity contribution is 6.31. The number of nitrogens with zero attached hydrogens (tertiary/aromatic N) is 1. The molecule has 2 aliphatic rings. The third-order valence-electron chi connectivity index (χ3n) is 6.50. The van der Waals surface area contributed by atoms with E-state index in [-0.39, 0.29) is 28.7 Å². The van der Waals surface area contributed by atoms with E-state index in [2.05, 4.69) is 17.4 Å². The first-order valence-corrected chi connectivity index (χ1v) is 10.9. The number of amides is 2. The van der Waals surface area contributed by atoms with Gasteiger partial charge in [0.15, 0.2) is 0 Å². The summed E-state index contributed by atoms with van der Waals surface area (Å²) in [5.41, 5.74) is 1.30. The van der Waals surface area contributed by atoms with Gasteiger partial charge in [-0.25, -0.2) is 4.39 Å². The molecule has 1 N–H and O–H groups in total. The third-order valence-corrected chi connectivity index (χ3v) is 6.73. The third kappa shape index (κ3) is 4.51. The van der Waals surface area contributed by atoms with Crippen LogP contribution in [0.25, 0.3) is 0 Å². The van der Waals surface area contributed by atoms with Gasteiger partial charge in [-0.2, -0.15) is 0 Å². The molecule has 0 aromatic heterocycles. The second kappa shape index (κ2) is 8.76. The number of piperidine rings is 1. The molecule has 1 spiro atoms. The first kappa shape index (κ1) is 20.9. The summed E-state index contributed by atoms with van der Waals surface area (Å²) in [6.45, 7) is 1.77. The van der Waals surface area contributed by atoms with E-state index in [9.17, 15) is 14.0 Å². The van der Waals surface area contributed by atoms with Gasteiger partial charge in [0.1, 0.15) is 5.82 Å². The van der Waals surface area contributed by atoms with Gasteiger partial charge in [-0.05, 0) is 61.3 Å². The normalized spacial score (nSPS) is 19.5. The van der Waals surface area contributed by atoms with Gasteiger partial charge in [0, 0.05) is 30.6 Å². The summed E-state index contributed by atoms with van der Waals surface area (Å²) < 4.78 is 14.0. The lowest BCUT2D eigenvalue weighted by Gasteiger charge is -2.33. The lowest BCUT2D eigenvalue weighted by atomic mass is 9.90. The highest BCUT2D eigenvalue weighted by Gasteiger charge is 2.58. The van der Waals surface area contributed by atoms with Gasteiger partial charge in [0.05, 0.1) is 5.56 Å². The van der Waals surface area contributed by atoms with Crippen molar-refractivity contribution in [1.29, 1.82) is 0 Å². The first-order valence-electron chi connectivity index (χ1n) is 10.5. The fourth-order valence-corrected chi connectivity index (χ4v) is 4.70. The Hall–Kier alpha value is -2.40. The van der Waals surface area contributed by atoms with Crippen molar-refractivity contribution >= 4 is 23.4 Å². The molecule has 1 aliphatic heterocycles. The molecular formula is C24H26ClFN2O2. The van der Waals surface area contributed by atoms with Crippen LogP contribution in [-0.2, 0) is 11.2 Å². The van der Waals surface area contributed by atoms with Crippen molar-refractivity contribution in [3.8, 4) is 0 Å². The number of aryl methyl sites for hydroxylation is 1. The molecule has 4 nitrogen and oxygen atoms in total. The number of carbonyl (C=O) groups excluding carboxylic acids is 2. The second-order valence-electron chi connectivity index (χ2n) is 8.42. The van der Waals surface area contributed by atoms with Crippen molar-refractivity contribution < 1.29 is 14.0 Å². The van der Waals surface area contributed by atoms with E-state index in [4.69, 9.17) is 11.6 Å². The number of benzene rings is 2. The minimum atomic E-state index is -0.552. The Kier molecular flexibility index (Phi) is 6.09. The van der Waals surface area contributed by atoms with E-state index in [1.165, 1.54) is 23.8 Å². The molecule has 0 bridgehead atoms. The largest absolute Gasteiger partial charge is 0.356 e. The summed E-state index contributed by atoms with van der Waals surface area (Å²) in [6.07, 6.45) is 4.31. The molecule has 4 rings (SSSR count). The average Bonchev–Trinajstić information content (AvgIpc) is 3.47. The molecule has 1 atom stereocenters. The number of hydrogen-bond donors (Lipinski definition) is 1. The number of likely N-dealkylation sites (tertiary alicyclic amines) is 1. The molecule has 0 radical (unpaired) electrons. The van der Waals surface area contributed by atoms with Crippen LogP contribution in [0.1, 0.15) is 41.6 Å². The maximum atomic E-state index is 14.0. The second-order valence-corrected chi connectivity index (χ2v) is 8.85. The number of carbonyl (C=O) groups is 2. The van der Waals surface area contributed by atoms with Crippen LogP contribution in [0.3, 0.4) is 0 Å². The molecule has 2 fully saturated rings. The maximum Gasteiger partial charge on any atom is 0.256 e. The van der Waals surface area contributed by atoms with Crippen molar-refractivity contribution in [2.24, 2.45) is 11.3 Å². The van der Waals surface area contributed by atoms with Crippen molar-refractivity contribution in [2.75, 3.05) is 19.6 Å². The highest BCUT2D eigenvalue weighted by atomic mass is 35.5. The number of nitrogens with one attached hydrogen (secondary N) is 1. The Morgan fingerprint density at radius 1 is 1.13 bits per heavy atom. The molecule has 6 heteroatoms. The molecule has 30 heavy (non-hydrogen) atoms. The molecule has 1 saturated carbocycles. The zero-order valence-electron chi connectivity index (χ0n) is 16.9. The van der Waals surface area contributed by atoms with Crippen molar-refractivity contribution in [2.45, 2.75) is 32.1 Å². The SMILES string of the molecule is O=C(NCCCc1ccccc1)C1CC12CCN(C(=O)c1cc(Cl)ccc1F)CC2. The number of rotatable bonds is 6. The summed E-state index contributed by atoms with van der Waals surface area (Å²) in [5, 5.41) is 3.42. The van der Waals surface area contributed by atoms with Gasteiger partial charge in [0.2, 0.25) is 5.91 Å².